The van der Waals surface area contributed by atoms with E-state index >= 15 is 0 Å². The van der Waals surface area contributed by atoms with Gasteiger partial charge in [-0.1, -0.05) is 23.5 Å². The number of fused-ring (bicyclic) bond motifs is 1. The number of thiazole rings is 1. The fourth-order valence-electron chi connectivity index (χ4n) is 2.79. The van der Waals surface area contributed by atoms with Gasteiger partial charge in [0.1, 0.15) is 0 Å². The van der Waals surface area contributed by atoms with Crippen LogP contribution in [0, 0.1) is 13.8 Å². The number of methoxy groups -OCH3 is 2. The minimum Gasteiger partial charge on any atom is -0.493 e. The second-order valence-corrected chi connectivity index (χ2v) is 6.78. The van der Waals surface area contributed by atoms with Crippen molar-refractivity contribution in [3.05, 3.63) is 51.8 Å². The molecule has 0 bridgehead atoms. The summed E-state index contributed by atoms with van der Waals surface area (Å²) in [5.74, 6) is 0.784. The number of ether oxygens (including phenoxy) is 2. The molecule has 1 aromatic heterocycles. The molecular formula is C19H20N2O3S. The average Bonchev–Trinajstić information content (AvgIpc) is 2.95. The highest BCUT2D eigenvalue weighted by molar-refractivity contribution is 7.16. The van der Waals surface area contributed by atoms with Crippen LogP contribution in [0.2, 0.25) is 0 Å². The van der Waals surface area contributed by atoms with Gasteiger partial charge in [-0.2, -0.15) is 4.99 Å². The average molecular weight is 356 g/mol. The van der Waals surface area contributed by atoms with E-state index in [1.807, 2.05) is 11.6 Å². The van der Waals surface area contributed by atoms with Gasteiger partial charge in [-0.25, -0.2) is 0 Å². The van der Waals surface area contributed by atoms with E-state index in [0.717, 1.165) is 10.2 Å². The topological polar surface area (TPSA) is 52.8 Å². The van der Waals surface area contributed by atoms with Gasteiger partial charge < -0.3 is 14.0 Å². The number of carbonyl (C=O) groups is 1. The molecule has 2 aromatic carbocycles. The molecule has 6 heteroatoms. The van der Waals surface area contributed by atoms with Crippen LogP contribution >= 0.6 is 11.3 Å². The minimum atomic E-state index is -0.307. The normalized spacial score (nSPS) is 11.8. The second kappa shape index (κ2) is 6.72. The molecule has 25 heavy (non-hydrogen) atoms. The highest BCUT2D eigenvalue weighted by Crippen LogP contribution is 2.28. The van der Waals surface area contributed by atoms with Crippen LogP contribution in [0.4, 0.5) is 0 Å². The smallest absolute Gasteiger partial charge is 0.279 e. The van der Waals surface area contributed by atoms with E-state index < -0.39 is 0 Å². The lowest BCUT2D eigenvalue weighted by Crippen LogP contribution is -2.13. The molecule has 0 saturated carbocycles. The number of rotatable bonds is 3. The standard InChI is InChI=1S/C19H20N2O3S/c1-11-6-7-12(2)17-16(11)21(3)19(25-17)20-18(22)13-8-9-14(23-4)15(10-13)24-5/h6-10H,1-5H3. The van der Waals surface area contributed by atoms with Crippen molar-refractivity contribution in [3.63, 3.8) is 0 Å². The molecule has 0 unspecified atom stereocenters. The number of carbonyl (C=O) groups excluding carboxylic acids is 1. The molecule has 3 aromatic rings. The number of hydrogen-bond donors (Lipinski definition) is 0. The van der Waals surface area contributed by atoms with E-state index in [-0.39, 0.29) is 5.91 Å². The Labute approximate surface area is 150 Å². The molecule has 0 aliphatic rings. The molecular weight excluding hydrogens is 336 g/mol. The molecule has 0 N–H and O–H groups in total. The molecule has 0 radical (unpaired) electrons. The molecule has 0 spiro atoms. The zero-order valence-electron chi connectivity index (χ0n) is 14.9. The van der Waals surface area contributed by atoms with Crippen molar-refractivity contribution in [2.75, 3.05) is 14.2 Å². The number of hydrogen-bond acceptors (Lipinski definition) is 4. The highest BCUT2D eigenvalue weighted by Gasteiger charge is 2.12. The first-order valence-electron chi connectivity index (χ1n) is 7.83. The van der Waals surface area contributed by atoms with E-state index in [0.29, 0.717) is 21.9 Å². The molecule has 0 fully saturated rings. The van der Waals surface area contributed by atoms with Gasteiger partial charge in [0.25, 0.3) is 5.91 Å². The molecule has 0 aliphatic carbocycles. The summed E-state index contributed by atoms with van der Waals surface area (Å²) in [6, 6.07) is 9.23. The van der Waals surface area contributed by atoms with Crippen LogP contribution in [0.5, 0.6) is 11.5 Å². The van der Waals surface area contributed by atoms with Crippen molar-refractivity contribution in [2.45, 2.75) is 13.8 Å². The van der Waals surface area contributed by atoms with Crippen molar-refractivity contribution in [2.24, 2.45) is 12.0 Å². The molecule has 1 heterocycles. The Kier molecular flexibility index (Phi) is 4.63. The number of amides is 1. The molecule has 5 nitrogen and oxygen atoms in total. The van der Waals surface area contributed by atoms with Crippen molar-refractivity contribution in [1.29, 1.82) is 0 Å². The zero-order valence-corrected chi connectivity index (χ0v) is 15.7. The van der Waals surface area contributed by atoms with Gasteiger partial charge in [0.05, 0.1) is 24.4 Å². The minimum absolute atomic E-state index is 0.307. The third kappa shape index (κ3) is 3.05. The van der Waals surface area contributed by atoms with Gasteiger partial charge in [0.2, 0.25) is 0 Å². The van der Waals surface area contributed by atoms with Gasteiger partial charge >= 0.3 is 0 Å². The first-order valence-corrected chi connectivity index (χ1v) is 8.64. The maximum absolute atomic E-state index is 12.6. The number of aryl methyl sites for hydroxylation is 3. The molecule has 0 atom stereocenters. The summed E-state index contributed by atoms with van der Waals surface area (Å²) in [6.07, 6.45) is 0. The van der Waals surface area contributed by atoms with Gasteiger partial charge in [-0.05, 0) is 43.2 Å². The second-order valence-electron chi connectivity index (χ2n) is 5.81. The van der Waals surface area contributed by atoms with Gasteiger partial charge in [-0.3, -0.25) is 4.79 Å². The summed E-state index contributed by atoms with van der Waals surface area (Å²) in [5.41, 5.74) is 3.92. The van der Waals surface area contributed by atoms with E-state index in [9.17, 15) is 4.79 Å². The predicted octanol–water partition coefficient (Wildman–Crippen LogP) is 3.61. The van der Waals surface area contributed by atoms with E-state index in [1.54, 1.807) is 32.4 Å². The third-order valence-corrected chi connectivity index (χ3v) is 5.44. The zero-order chi connectivity index (χ0) is 18.1. The molecule has 130 valence electrons. The Bertz CT molecular complexity index is 1030. The number of nitrogens with zero attached hydrogens (tertiary/aromatic N) is 2. The van der Waals surface area contributed by atoms with Crippen LogP contribution in [0.3, 0.4) is 0 Å². The monoisotopic (exact) mass is 356 g/mol. The molecule has 1 amide bonds. The Morgan fingerprint density at radius 2 is 1.72 bits per heavy atom. The molecule has 0 saturated heterocycles. The Morgan fingerprint density at radius 1 is 1.04 bits per heavy atom. The first kappa shape index (κ1) is 17.2. The van der Waals surface area contributed by atoms with Gasteiger partial charge in [-0.15, -0.1) is 0 Å². The summed E-state index contributed by atoms with van der Waals surface area (Å²) in [7, 11) is 5.04. The van der Waals surface area contributed by atoms with E-state index in [2.05, 4.69) is 31.0 Å². The maximum atomic E-state index is 12.6. The summed E-state index contributed by atoms with van der Waals surface area (Å²) in [6.45, 7) is 4.13. The Balaban J connectivity index is 2.11. The molecule has 3 rings (SSSR count). The lowest BCUT2D eigenvalue weighted by Gasteiger charge is -2.07. The Morgan fingerprint density at radius 3 is 2.36 bits per heavy atom. The van der Waals surface area contributed by atoms with E-state index in [1.165, 1.54) is 22.5 Å². The van der Waals surface area contributed by atoms with Crippen molar-refractivity contribution in [3.8, 4) is 11.5 Å². The largest absolute Gasteiger partial charge is 0.493 e. The predicted molar refractivity (Wildman–Crippen MR) is 99.7 cm³/mol. The van der Waals surface area contributed by atoms with E-state index in [4.69, 9.17) is 9.47 Å². The quantitative estimate of drug-likeness (QED) is 0.720. The van der Waals surface area contributed by atoms with Crippen molar-refractivity contribution < 1.29 is 14.3 Å². The van der Waals surface area contributed by atoms with Crippen LogP contribution in [-0.2, 0) is 7.05 Å². The summed E-state index contributed by atoms with van der Waals surface area (Å²) >= 11 is 1.52. The molecule has 0 aliphatic heterocycles. The number of benzene rings is 2. The van der Waals surface area contributed by atoms with Crippen LogP contribution in [0.15, 0.2) is 35.3 Å². The maximum Gasteiger partial charge on any atom is 0.279 e. The first-order chi connectivity index (χ1) is 12.0. The van der Waals surface area contributed by atoms with Crippen LogP contribution in [-0.4, -0.2) is 24.7 Å². The fraction of sp³-hybridized carbons (Fsp3) is 0.263. The van der Waals surface area contributed by atoms with Crippen LogP contribution < -0.4 is 14.3 Å². The van der Waals surface area contributed by atoms with Crippen molar-refractivity contribution >= 4 is 27.5 Å². The summed E-state index contributed by atoms with van der Waals surface area (Å²) in [4.78, 5) is 17.6. The summed E-state index contributed by atoms with van der Waals surface area (Å²) in [5, 5.41) is 0. The van der Waals surface area contributed by atoms with Gasteiger partial charge in [0.15, 0.2) is 16.3 Å². The third-order valence-electron chi connectivity index (χ3n) is 4.17. The van der Waals surface area contributed by atoms with Gasteiger partial charge in [0, 0.05) is 12.6 Å². The lowest BCUT2D eigenvalue weighted by atomic mass is 10.1. The SMILES string of the molecule is COc1ccc(C(=O)N=c2sc3c(C)ccc(C)c3n2C)cc1OC. The van der Waals surface area contributed by atoms with Crippen LogP contribution in [0.25, 0.3) is 10.2 Å². The van der Waals surface area contributed by atoms with Crippen LogP contribution in [0.1, 0.15) is 21.5 Å². The fourth-order valence-corrected chi connectivity index (χ4v) is 3.95. The van der Waals surface area contributed by atoms with Crippen molar-refractivity contribution in [1.82, 2.24) is 4.57 Å². The highest BCUT2D eigenvalue weighted by atomic mass is 32.1. The number of aromatic nitrogens is 1. The Hall–Kier alpha value is -2.60. The lowest BCUT2D eigenvalue weighted by molar-refractivity contribution is 0.0997. The summed E-state index contributed by atoms with van der Waals surface area (Å²) < 4.78 is 13.6.